The highest BCUT2D eigenvalue weighted by atomic mass is 28.3. The normalized spacial score (nSPS) is 14.7. The molecule has 3 aromatic heterocycles. The minimum Gasteiger partial charge on any atom is -0.327 e. The van der Waals surface area contributed by atoms with E-state index in [1.807, 2.05) is 67.8 Å². The van der Waals surface area contributed by atoms with Crippen molar-refractivity contribution in [3.63, 3.8) is 0 Å². The third-order valence-electron chi connectivity index (χ3n) is 13.3. The Morgan fingerprint density at radius 3 is 1.90 bits per heavy atom. The molecule has 0 radical (unpaired) electrons. The molecule has 2 atom stereocenters. The fraction of sp³-hybridized carbons (Fsp3) is 0.0526. The summed E-state index contributed by atoms with van der Waals surface area (Å²) in [5.74, 6) is 0.539. The predicted octanol–water partition coefficient (Wildman–Crippen LogP) is 10.7. The Hall–Kier alpha value is -7.67. The monoisotopic (exact) mass is 828 g/mol. The molecule has 0 aliphatic carbocycles. The van der Waals surface area contributed by atoms with Crippen LogP contribution in [0.5, 0.6) is 0 Å². The molecule has 0 amide bonds. The molecule has 1 aliphatic rings. The molecule has 0 N–H and O–H groups in total. The first-order valence-electron chi connectivity index (χ1n) is 21.5. The molecular formula is C57H41FN4Si. The number of rotatable bonds is 7. The van der Waals surface area contributed by atoms with Gasteiger partial charge in [-0.2, -0.15) is 0 Å². The van der Waals surface area contributed by atoms with Crippen molar-refractivity contribution in [2.24, 2.45) is 7.05 Å². The van der Waals surface area contributed by atoms with E-state index < -0.39 is 14.2 Å². The molecule has 12 rings (SSSR count). The quantitative estimate of drug-likeness (QED) is 0.150. The van der Waals surface area contributed by atoms with Gasteiger partial charge in [0, 0.05) is 35.3 Å². The Balaban J connectivity index is 1.15. The van der Waals surface area contributed by atoms with E-state index in [2.05, 4.69) is 167 Å². The van der Waals surface area contributed by atoms with Crippen LogP contribution in [0.25, 0.3) is 49.9 Å². The maximum Gasteiger partial charge on any atom is 0.180 e. The summed E-state index contributed by atoms with van der Waals surface area (Å²) in [6.07, 6.45) is 0.499. The third kappa shape index (κ3) is 5.72. The third-order valence-corrected chi connectivity index (χ3v) is 18.2. The number of alkyl halides is 1. The molecule has 0 bridgehead atoms. The van der Waals surface area contributed by atoms with Crippen molar-refractivity contribution >= 4 is 61.7 Å². The van der Waals surface area contributed by atoms with Crippen molar-refractivity contribution in [3.8, 4) is 17.1 Å². The Morgan fingerprint density at radius 1 is 0.524 bits per heavy atom. The maximum absolute atomic E-state index is 17.6. The van der Waals surface area contributed by atoms with Crippen molar-refractivity contribution in [1.29, 1.82) is 0 Å². The first kappa shape index (κ1) is 37.1. The lowest BCUT2D eigenvalue weighted by atomic mass is 9.85. The molecule has 8 aromatic carbocycles. The van der Waals surface area contributed by atoms with Gasteiger partial charge in [-0.15, -0.1) is 0 Å². The zero-order valence-corrected chi connectivity index (χ0v) is 35.6. The topological polar surface area (TPSA) is 35.6 Å². The molecule has 0 saturated carbocycles. The van der Waals surface area contributed by atoms with Crippen LogP contribution in [0.3, 0.4) is 0 Å². The van der Waals surface area contributed by atoms with E-state index in [0.29, 0.717) is 11.1 Å². The van der Waals surface area contributed by atoms with Crippen molar-refractivity contribution in [1.82, 2.24) is 19.1 Å². The minimum absolute atomic E-state index is 0.269. The summed E-state index contributed by atoms with van der Waals surface area (Å²) in [5.41, 5.74) is 10.7. The first-order chi connectivity index (χ1) is 31.1. The Labute approximate surface area is 366 Å². The second-order valence-electron chi connectivity index (χ2n) is 16.6. The number of hydrogen-bond donors (Lipinski definition) is 0. The highest BCUT2D eigenvalue weighted by Crippen LogP contribution is 2.41. The number of hydrogen-bond acceptors (Lipinski definition) is 2. The lowest BCUT2D eigenvalue weighted by Gasteiger charge is -2.43. The van der Waals surface area contributed by atoms with Crippen LogP contribution in [-0.4, -0.2) is 27.2 Å². The molecule has 4 heterocycles. The van der Waals surface area contributed by atoms with Crippen LogP contribution in [0.1, 0.15) is 40.0 Å². The molecular weight excluding hydrogens is 788 g/mol. The van der Waals surface area contributed by atoms with Gasteiger partial charge in [0.15, 0.2) is 14.2 Å². The number of pyridine rings is 1. The fourth-order valence-electron chi connectivity index (χ4n) is 10.5. The van der Waals surface area contributed by atoms with Crippen molar-refractivity contribution in [2.75, 3.05) is 0 Å². The molecule has 2 unspecified atom stereocenters. The first-order valence-corrected chi connectivity index (χ1v) is 23.5. The van der Waals surface area contributed by atoms with Gasteiger partial charge in [0.25, 0.3) is 0 Å². The Morgan fingerprint density at radius 2 is 1.17 bits per heavy atom. The molecule has 4 nitrogen and oxygen atoms in total. The molecule has 0 fully saturated rings. The average molecular weight is 829 g/mol. The molecule has 11 aromatic rings. The number of aryl methyl sites for hydroxylation is 1. The number of aromatic nitrogens is 4. The second kappa shape index (κ2) is 14.8. The summed E-state index contributed by atoms with van der Waals surface area (Å²) in [5, 5.41) is 7.55. The minimum atomic E-state index is -3.11. The van der Waals surface area contributed by atoms with E-state index in [0.717, 1.165) is 50.4 Å². The van der Waals surface area contributed by atoms with Gasteiger partial charge in [0.05, 0.1) is 33.7 Å². The average Bonchev–Trinajstić information content (AvgIpc) is 3.87. The van der Waals surface area contributed by atoms with Crippen molar-refractivity contribution in [3.05, 3.63) is 246 Å². The molecule has 300 valence electrons. The second-order valence-corrected chi connectivity index (χ2v) is 20.4. The summed E-state index contributed by atoms with van der Waals surface area (Å²) in [6.45, 7) is 0. The van der Waals surface area contributed by atoms with Gasteiger partial charge < -0.3 is 9.13 Å². The molecule has 0 saturated heterocycles. The van der Waals surface area contributed by atoms with Crippen LogP contribution >= 0.6 is 0 Å². The number of halogens is 1. The van der Waals surface area contributed by atoms with Gasteiger partial charge in [-0.3, -0.25) is 4.98 Å². The number of para-hydroxylation sites is 4. The largest absolute Gasteiger partial charge is 0.327 e. The number of benzene rings is 8. The van der Waals surface area contributed by atoms with E-state index in [1.165, 1.54) is 37.1 Å². The lowest BCUT2D eigenvalue weighted by molar-refractivity contribution is 0.402. The van der Waals surface area contributed by atoms with Gasteiger partial charge in [0.1, 0.15) is 5.82 Å². The lowest BCUT2D eigenvalue weighted by Crippen LogP contribution is -2.77. The molecule has 6 heteroatoms. The maximum atomic E-state index is 17.6. The van der Waals surface area contributed by atoms with Gasteiger partial charge in [0.2, 0.25) is 0 Å². The molecule has 0 spiro atoms. The fourth-order valence-corrected chi connectivity index (χ4v) is 15.8. The molecule has 1 aliphatic heterocycles. The Bertz CT molecular complexity index is 3450. The summed E-state index contributed by atoms with van der Waals surface area (Å²) < 4.78 is 22.1. The predicted molar refractivity (Wildman–Crippen MR) is 259 cm³/mol. The SMILES string of the molecule is Cn1c(-c2cccc(C(F)c3ccc4c(c3)C(c3ccccn3)c3cc5c(cc3[Si]4(c3ccccc3)c3ccccc3)c3ccccc3n5-c3ccccc3)c2)nc2ccccc21. The van der Waals surface area contributed by atoms with Gasteiger partial charge >= 0.3 is 0 Å². The highest BCUT2D eigenvalue weighted by molar-refractivity contribution is 7.20. The summed E-state index contributed by atoms with van der Waals surface area (Å²) in [7, 11) is -1.09. The van der Waals surface area contributed by atoms with E-state index >= 15 is 4.39 Å². The molecule has 63 heavy (non-hydrogen) atoms. The van der Waals surface area contributed by atoms with Crippen LogP contribution in [-0.2, 0) is 7.05 Å². The summed E-state index contributed by atoms with van der Waals surface area (Å²) in [6, 6.07) is 75.0. The number of nitrogens with zero attached hydrogens (tertiary/aromatic N) is 4. The van der Waals surface area contributed by atoms with Crippen LogP contribution in [0.4, 0.5) is 4.39 Å². The van der Waals surface area contributed by atoms with Gasteiger partial charge in [-0.05, 0) is 97.6 Å². The van der Waals surface area contributed by atoms with Crippen molar-refractivity contribution < 1.29 is 4.39 Å². The standard InChI is InChI=1S/C57H41FN4Si/c1-61-51-30-14-12-27-48(51)60-57(61)40-19-17-18-38(34-40)56(58)39-31-32-53-46(35-39)55(49-28-15-16-33-59-49)47-36-52-45(44-26-11-13-29-50(44)62(52)41-20-5-2-6-21-41)37-54(47)63(53,42-22-7-3-8-23-42)43-24-9-4-10-25-43/h2-37,55-56H,1H3. The van der Waals surface area contributed by atoms with E-state index in [9.17, 15) is 0 Å². The number of fused-ring (bicyclic) bond motifs is 6. The summed E-state index contributed by atoms with van der Waals surface area (Å²) in [4.78, 5) is 10.1. The van der Waals surface area contributed by atoms with E-state index in [1.54, 1.807) is 0 Å². The Kier molecular flexibility index (Phi) is 8.69. The number of imidazole rings is 1. The zero-order valence-electron chi connectivity index (χ0n) is 34.6. The van der Waals surface area contributed by atoms with Crippen LogP contribution in [0.15, 0.2) is 219 Å². The van der Waals surface area contributed by atoms with Crippen molar-refractivity contribution in [2.45, 2.75) is 12.1 Å². The highest BCUT2D eigenvalue weighted by Gasteiger charge is 2.50. The van der Waals surface area contributed by atoms with Gasteiger partial charge in [-0.25, -0.2) is 9.37 Å². The van der Waals surface area contributed by atoms with Crippen LogP contribution in [0.2, 0.25) is 0 Å². The zero-order chi connectivity index (χ0) is 42.1. The van der Waals surface area contributed by atoms with Crippen LogP contribution in [0, 0.1) is 0 Å². The smallest absolute Gasteiger partial charge is 0.180 e. The van der Waals surface area contributed by atoms with E-state index in [-0.39, 0.29) is 5.92 Å². The van der Waals surface area contributed by atoms with Gasteiger partial charge in [-0.1, -0.05) is 158 Å². The van der Waals surface area contributed by atoms with E-state index in [4.69, 9.17) is 9.97 Å². The van der Waals surface area contributed by atoms with Crippen LogP contribution < -0.4 is 20.7 Å². The summed E-state index contributed by atoms with van der Waals surface area (Å²) >= 11 is 0.